The van der Waals surface area contributed by atoms with Gasteiger partial charge in [0.05, 0.1) is 0 Å². The Labute approximate surface area is 110 Å². The number of rotatable bonds is 5. The van der Waals surface area contributed by atoms with Crippen molar-refractivity contribution < 1.29 is 9.32 Å². The Kier molecular flexibility index (Phi) is 5.00. The third-order valence-electron chi connectivity index (χ3n) is 2.67. The van der Waals surface area contributed by atoms with E-state index in [9.17, 15) is 4.79 Å². The number of carbonyl (C=O) groups excluding carboxylic acids is 1. The van der Waals surface area contributed by atoms with Gasteiger partial charge in [-0.15, -0.1) is 0 Å². The molecule has 0 saturated carbocycles. The second-order valence-electron chi connectivity index (χ2n) is 4.26. The molecule has 0 radical (unpaired) electrons. The number of aromatic nitrogens is 2. The lowest BCUT2D eigenvalue weighted by Crippen LogP contribution is -2.41. The first-order chi connectivity index (χ1) is 8.74. The largest absolute Gasteiger partial charge is 0.356 e. The number of hydrogen-bond acceptors (Lipinski definition) is 6. The van der Waals surface area contributed by atoms with Crippen LogP contribution in [0, 0.1) is 6.92 Å². The normalized spacial score (nSPS) is 19.7. The van der Waals surface area contributed by atoms with Crippen molar-refractivity contribution in [2.24, 2.45) is 0 Å². The van der Waals surface area contributed by atoms with Crippen LogP contribution in [0.2, 0.25) is 0 Å². The average molecular weight is 270 g/mol. The fourth-order valence-electron chi connectivity index (χ4n) is 1.80. The van der Waals surface area contributed by atoms with Crippen LogP contribution in [-0.4, -0.2) is 46.7 Å². The summed E-state index contributed by atoms with van der Waals surface area (Å²) < 4.78 is 4.86. The van der Waals surface area contributed by atoms with Crippen molar-refractivity contribution in [1.29, 1.82) is 0 Å². The maximum Gasteiger partial charge on any atom is 0.223 e. The molecule has 1 atom stereocenters. The molecule has 6 nitrogen and oxygen atoms in total. The molecule has 0 aromatic carbocycles. The zero-order valence-corrected chi connectivity index (χ0v) is 11.3. The molecular weight excluding hydrogens is 252 g/mol. The van der Waals surface area contributed by atoms with Crippen LogP contribution in [0.1, 0.15) is 18.1 Å². The standard InChI is InChI=1S/C11H18N4O2S/c1-8-14-10(15-17-8)2-3-13-11(16)6-9-7-18-5-4-12-9/h9,12H,2-7H2,1H3,(H,13,16). The molecule has 0 bridgehead atoms. The predicted molar refractivity (Wildman–Crippen MR) is 69.5 cm³/mol. The Bertz CT molecular complexity index is 390. The minimum Gasteiger partial charge on any atom is -0.356 e. The number of carbonyl (C=O) groups is 1. The van der Waals surface area contributed by atoms with Crippen molar-refractivity contribution >= 4 is 17.7 Å². The molecule has 2 rings (SSSR count). The molecule has 2 heterocycles. The number of nitrogens with one attached hydrogen (secondary N) is 2. The Morgan fingerprint density at radius 2 is 2.56 bits per heavy atom. The zero-order chi connectivity index (χ0) is 12.8. The molecular formula is C11H18N4O2S. The third-order valence-corrected chi connectivity index (χ3v) is 3.80. The van der Waals surface area contributed by atoms with Gasteiger partial charge in [-0.2, -0.15) is 16.7 Å². The summed E-state index contributed by atoms with van der Waals surface area (Å²) in [5, 5.41) is 9.99. The maximum absolute atomic E-state index is 11.7. The van der Waals surface area contributed by atoms with E-state index in [1.54, 1.807) is 6.92 Å². The summed E-state index contributed by atoms with van der Waals surface area (Å²) in [7, 11) is 0. The van der Waals surface area contributed by atoms with Gasteiger partial charge in [0.1, 0.15) is 0 Å². The van der Waals surface area contributed by atoms with Gasteiger partial charge in [0.2, 0.25) is 11.8 Å². The van der Waals surface area contributed by atoms with Crippen LogP contribution in [0.5, 0.6) is 0 Å². The molecule has 0 spiro atoms. The molecule has 1 saturated heterocycles. The van der Waals surface area contributed by atoms with E-state index in [0.717, 1.165) is 18.1 Å². The minimum atomic E-state index is 0.0789. The van der Waals surface area contributed by atoms with E-state index in [0.29, 0.717) is 37.1 Å². The first-order valence-corrected chi connectivity index (χ1v) is 7.26. The summed E-state index contributed by atoms with van der Waals surface area (Å²) in [5.74, 6) is 3.42. The molecule has 0 aliphatic carbocycles. The van der Waals surface area contributed by atoms with Gasteiger partial charge in [0.25, 0.3) is 0 Å². The van der Waals surface area contributed by atoms with E-state index in [2.05, 4.69) is 20.8 Å². The molecule has 100 valence electrons. The van der Waals surface area contributed by atoms with E-state index in [1.165, 1.54) is 0 Å². The molecule has 1 aromatic heterocycles. The summed E-state index contributed by atoms with van der Waals surface area (Å²) in [6, 6.07) is 0.302. The third kappa shape index (κ3) is 4.30. The van der Waals surface area contributed by atoms with Gasteiger partial charge in [-0.3, -0.25) is 4.79 Å². The Morgan fingerprint density at radius 1 is 1.67 bits per heavy atom. The van der Waals surface area contributed by atoms with Crippen molar-refractivity contribution in [1.82, 2.24) is 20.8 Å². The van der Waals surface area contributed by atoms with Gasteiger partial charge in [0.15, 0.2) is 5.82 Å². The van der Waals surface area contributed by atoms with E-state index in [-0.39, 0.29) is 5.91 Å². The highest BCUT2D eigenvalue weighted by molar-refractivity contribution is 7.99. The van der Waals surface area contributed by atoms with E-state index in [4.69, 9.17) is 4.52 Å². The fourth-order valence-corrected chi connectivity index (χ4v) is 2.75. The summed E-state index contributed by atoms with van der Waals surface area (Å²) in [5.41, 5.74) is 0. The molecule has 18 heavy (non-hydrogen) atoms. The van der Waals surface area contributed by atoms with Crippen LogP contribution in [0.15, 0.2) is 4.52 Å². The predicted octanol–water partition coefficient (Wildman–Crippen LogP) is 0.132. The summed E-state index contributed by atoms with van der Waals surface area (Å²) in [6.45, 7) is 3.30. The van der Waals surface area contributed by atoms with E-state index in [1.807, 2.05) is 11.8 Å². The fraction of sp³-hybridized carbons (Fsp3) is 0.727. The number of hydrogen-bond donors (Lipinski definition) is 2. The number of aryl methyl sites for hydroxylation is 1. The van der Waals surface area contributed by atoms with E-state index < -0.39 is 0 Å². The number of amides is 1. The lowest BCUT2D eigenvalue weighted by molar-refractivity contribution is -0.121. The highest BCUT2D eigenvalue weighted by Gasteiger charge is 2.16. The van der Waals surface area contributed by atoms with Gasteiger partial charge in [-0.1, -0.05) is 5.16 Å². The first kappa shape index (κ1) is 13.4. The highest BCUT2D eigenvalue weighted by Crippen LogP contribution is 2.09. The molecule has 1 aliphatic rings. The first-order valence-electron chi connectivity index (χ1n) is 6.11. The Morgan fingerprint density at radius 3 is 3.22 bits per heavy atom. The Balaban J connectivity index is 1.62. The van der Waals surface area contributed by atoms with Crippen molar-refractivity contribution in [3.05, 3.63) is 11.7 Å². The number of nitrogens with zero attached hydrogens (tertiary/aromatic N) is 2. The molecule has 1 fully saturated rings. The van der Waals surface area contributed by atoms with Crippen molar-refractivity contribution in [2.45, 2.75) is 25.8 Å². The van der Waals surface area contributed by atoms with Crippen LogP contribution >= 0.6 is 11.8 Å². The SMILES string of the molecule is Cc1nc(CCNC(=O)CC2CSCCN2)no1. The minimum absolute atomic E-state index is 0.0789. The van der Waals surface area contributed by atoms with Crippen molar-refractivity contribution in [3.63, 3.8) is 0 Å². The lowest BCUT2D eigenvalue weighted by Gasteiger charge is -2.22. The number of thioether (sulfide) groups is 1. The maximum atomic E-state index is 11.7. The second-order valence-corrected chi connectivity index (χ2v) is 5.41. The van der Waals surface area contributed by atoms with E-state index >= 15 is 0 Å². The zero-order valence-electron chi connectivity index (χ0n) is 10.4. The van der Waals surface area contributed by atoms with Crippen LogP contribution in [0.3, 0.4) is 0 Å². The summed E-state index contributed by atoms with van der Waals surface area (Å²) >= 11 is 1.89. The smallest absolute Gasteiger partial charge is 0.223 e. The van der Waals surface area contributed by atoms with Gasteiger partial charge in [0, 0.05) is 50.4 Å². The highest BCUT2D eigenvalue weighted by atomic mass is 32.2. The molecule has 1 aromatic rings. The molecule has 1 unspecified atom stereocenters. The second kappa shape index (κ2) is 6.75. The lowest BCUT2D eigenvalue weighted by atomic mass is 10.2. The van der Waals surface area contributed by atoms with Crippen LogP contribution in [0.25, 0.3) is 0 Å². The Hall–Kier alpha value is -1.08. The summed E-state index contributed by atoms with van der Waals surface area (Å²) in [4.78, 5) is 15.8. The molecule has 1 aliphatic heterocycles. The van der Waals surface area contributed by atoms with Gasteiger partial charge in [-0.05, 0) is 0 Å². The van der Waals surface area contributed by atoms with Crippen molar-refractivity contribution in [2.75, 3.05) is 24.6 Å². The summed E-state index contributed by atoms with van der Waals surface area (Å²) in [6.07, 6.45) is 1.15. The van der Waals surface area contributed by atoms with Crippen molar-refractivity contribution in [3.8, 4) is 0 Å². The quantitative estimate of drug-likeness (QED) is 0.792. The van der Waals surface area contributed by atoms with Gasteiger partial charge >= 0.3 is 0 Å². The molecule has 7 heteroatoms. The van der Waals surface area contributed by atoms with Crippen LogP contribution < -0.4 is 10.6 Å². The van der Waals surface area contributed by atoms with Gasteiger partial charge < -0.3 is 15.2 Å². The molecule has 1 amide bonds. The van der Waals surface area contributed by atoms with Gasteiger partial charge in [-0.25, -0.2) is 0 Å². The monoisotopic (exact) mass is 270 g/mol. The molecule has 2 N–H and O–H groups in total. The van der Waals surface area contributed by atoms with Crippen LogP contribution in [-0.2, 0) is 11.2 Å². The topological polar surface area (TPSA) is 80.0 Å². The average Bonchev–Trinajstić information content (AvgIpc) is 2.76. The van der Waals surface area contributed by atoms with Crippen LogP contribution in [0.4, 0.5) is 0 Å².